The van der Waals surface area contributed by atoms with Crippen molar-refractivity contribution in [1.29, 1.82) is 0 Å². The molecule has 0 aromatic heterocycles. The first-order chi connectivity index (χ1) is 20.1. The molecule has 0 saturated heterocycles. The summed E-state index contributed by atoms with van der Waals surface area (Å²) < 4.78 is 12.7. The second-order valence-corrected chi connectivity index (χ2v) is 11.1. The van der Waals surface area contributed by atoms with E-state index in [0.717, 1.165) is 122 Å². The summed E-state index contributed by atoms with van der Waals surface area (Å²) in [6.07, 6.45) is 7.35. The van der Waals surface area contributed by atoms with Gasteiger partial charge in [0.1, 0.15) is 11.5 Å². The fourth-order valence-electron chi connectivity index (χ4n) is 5.00. The Morgan fingerprint density at radius 3 is 0.976 bits per heavy atom. The van der Waals surface area contributed by atoms with E-state index in [-0.39, 0.29) is 0 Å². The van der Waals surface area contributed by atoms with Crippen molar-refractivity contribution >= 4 is 0 Å². The van der Waals surface area contributed by atoms with Gasteiger partial charge in [-0.2, -0.15) is 0 Å². The molecule has 0 fully saturated rings. The van der Waals surface area contributed by atoms with Gasteiger partial charge in [-0.05, 0) is 82.3 Å². The van der Waals surface area contributed by atoms with Gasteiger partial charge < -0.3 is 30.7 Å². The normalized spacial score (nSPS) is 11.3. The predicted octanol–water partition coefficient (Wildman–Crippen LogP) is 6.85. The molecule has 6 nitrogen and oxygen atoms in total. The second kappa shape index (κ2) is 21.6. The van der Waals surface area contributed by atoms with Gasteiger partial charge >= 0.3 is 0 Å². The van der Waals surface area contributed by atoms with Gasteiger partial charge in [-0.15, -0.1) is 0 Å². The quantitative estimate of drug-likeness (QED) is 0.104. The molecule has 0 saturated carbocycles. The first-order valence-corrected chi connectivity index (χ1v) is 16.5. The molecule has 0 spiro atoms. The molecule has 41 heavy (non-hydrogen) atoms. The highest BCUT2D eigenvalue weighted by molar-refractivity contribution is 5.49. The van der Waals surface area contributed by atoms with Crippen LogP contribution in [0.1, 0.15) is 113 Å². The van der Waals surface area contributed by atoms with Crippen LogP contribution in [0.2, 0.25) is 0 Å². The molecule has 0 heterocycles. The van der Waals surface area contributed by atoms with E-state index in [2.05, 4.69) is 87.1 Å². The average Bonchev–Trinajstić information content (AvgIpc) is 2.97. The van der Waals surface area contributed by atoms with Gasteiger partial charge in [-0.1, -0.05) is 65.8 Å². The van der Waals surface area contributed by atoms with Crippen LogP contribution in [0.3, 0.4) is 0 Å². The third kappa shape index (κ3) is 12.7. The van der Waals surface area contributed by atoms with Gasteiger partial charge in [0.05, 0.1) is 13.2 Å². The van der Waals surface area contributed by atoms with E-state index in [0.29, 0.717) is 0 Å². The van der Waals surface area contributed by atoms with E-state index in [1.54, 1.807) is 0 Å². The van der Waals surface area contributed by atoms with Crippen molar-refractivity contribution in [2.75, 3.05) is 39.4 Å². The van der Waals surface area contributed by atoms with Crippen molar-refractivity contribution in [2.24, 2.45) is 0 Å². The van der Waals surface area contributed by atoms with E-state index < -0.39 is 0 Å². The van der Waals surface area contributed by atoms with E-state index >= 15 is 0 Å². The maximum Gasteiger partial charge on any atom is 0.128 e. The van der Waals surface area contributed by atoms with Crippen LogP contribution in [0, 0.1) is 0 Å². The van der Waals surface area contributed by atoms with Crippen LogP contribution in [-0.2, 0) is 32.6 Å². The number of rotatable bonds is 24. The van der Waals surface area contributed by atoms with Crippen molar-refractivity contribution in [1.82, 2.24) is 21.3 Å². The Hall–Kier alpha value is -2.12. The lowest BCUT2D eigenvalue weighted by Gasteiger charge is -2.21. The Morgan fingerprint density at radius 2 is 0.732 bits per heavy atom. The molecule has 2 aromatic carbocycles. The highest BCUT2D eigenvalue weighted by Crippen LogP contribution is 2.31. The topological polar surface area (TPSA) is 66.6 Å². The van der Waals surface area contributed by atoms with Crippen LogP contribution in [0.15, 0.2) is 24.3 Å². The molecule has 0 aliphatic carbocycles. The maximum absolute atomic E-state index is 6.37. The van der Waals surface area contributed by atoms with Crippen molar-refractivity contribution < 1.29 is 9.47 Å². The van der Waals surface area contributed by atoms with Gasteiger partial charge in [0, 0.05) is 48.4 Å². The summed E-state index contributed by atoms with van der Waals surface area (Å²) in [5.74, 6) is 2.11. The first-order valence-electron chi connectivity index (χ1n) is 16.5. The zero-order valence-electron chi connectivity index (χ0n) is 27.1. The zero-order valence-corrected chi connectivity index (χ0v) is 27.1. The lowest BCUT2D eigenvalue weighted by Crippen LogP contribution is -2.19. The monoisotopic (exact) mass is 568 g/mol. The molecule has 0 bridgehead atoms. The van der Waals surface area contributed by atoms with Crippen LogP contribution in [0.25, 0.3) is 0 Å². The van der Waals surface area contributed by atoms with E-state index in [1.165, 1.54) is 33.4 Å². The lowest BCUT2D eigenvalue weighted by atomic mass is 9.95. The largest absolute Gasteiger partial charge is 0.493 e. The van der Waals surface area contributed by atoms with Crippen molar-refractivity contribution in [3.8, 4) is 11.5 Å². The van der Waals surface area contributed by atoms with Crippen LogP contribution < -0.4 is 30.7 Å². The van der Waals surface area contributed by atoms with Crippen LogP contribution in [0.4, 0.5) is 0 Å². The minimum Gasteiger partial charge on any atom is -0.493 e. The van der Waals surface area contributed by atoms with Gasteiger partial charge in [0.2, 0.25) is 0 Å². The summed E-state index contributed by atoms with van der Waals surface area (Å²) >= 11 is 0. The van der Waals surface area contributed by atoms with E-state index in [4.69, 9.17) is 9.47 Å². The maximum atomic E-state index is 6.37. The van der Waals surface area contributed by atoms with Crippen molar-refractivity contribution in [3.63, 3.8) is 0 Å². The van der Waals surface area contributed by atoms with Crippen molar-refractivity contribution in [2.45, 2.75) is 113 Å². The SMILES string of the molecule is CCCNCc1cc(Cc2cc(CNCCC)c(OCCC)c(CNCCC)c2)cc(CNCCC)c1OCCC. The summed E-state index contributed by atoms with van der Waals surface area (Å²) in [6, 6.07) is 9.45. The summed E-state index contributed by atoms with van der Waals surface area (Å²) in [4.78, 5) is 0. The molecule has 2 aromatic rings. The molecule has 0 atom stereocenters. The van der Waals surface area contributed by atoms with Crippen LogP contribution in [0.5, 0.6) is 11.5 Å². The lowest BCUT2D eigenvalue weighted by molar-refractivity contribution is 0.309. The van der Waals surface area contributed by atoms with E-state index in [9.17, 15) is 0 Å². The van der Waals surface area contributed by atoms with Gasteiger partial charge in [-0.3, -0.25) is 0 Å². The number of nitrogens with one attached hydrogen (secondary N) is 4. The molecule has 0 unspecified atom stereocenters. The molecule has 6 heteroatoms. The molecule has 0 amide bonds. The molecule has 0 radical (unpaired) electrons. The Balaban J connectivity index is 2.52. The van der Waals surface area contributed by atoms with Crippen molar-refractivity contribution in [3.05, 3.63) is 57.6 Å². The summed E-state index contributed by atoms with van der Waals surface area (Å²) in [6.45, 7) is 22.0. The fraction of sp³-hybridized carbons (Fsp3) is 0.657. The smallest absolute Gasteiger partial charge is 0.128 e. The minimum absolute atomic E-state index is 0.738. The van der Waals surface area contributed by atoms with Gasteiger partial charge in [0.25, 0.3) is 0 Å². The summed E-state index contributed by atoms with van der Waals surface area (Å²) in [5, 5.41) is 14.5. The number of ether oxygens (including phenoxy) is 2. The number of benzene rings is 2. The third-order valence-electron chi connectivity index (χ3n) is 6.88. The zero-order chi connectivity index (χ0) is 29.7. The molecule has 2 rings (SSSR count). The van der Waals surface area contributed by atoms with Crippen LogP contribution >= 0.6 is 0 Å². The predicted molar refractivity (Wildman–Crippen MR) is 175 cm³/mol. The molecule has 232 valence electrons. The Kier molecular flexibility index (Phi) is 18.4. The second-order valence-electron chi connectivity index (χ2n) is 11.1. The molecular formula is C35H60N4O2. The highest BCUT2D eigenvalue weighted by Gasteiger charge is 2.16. The molecule has 4 N–H and O–H groups in total. The molecule has 0 aliphatic heterocycles. The van der Waals surface area contributed by atoms with E-state index in [1.807, 2.05) is 0 Å². The Morgan fingerprint density at radius 1 is 0.439 bits per heavy atom. The Bertz CT molecular complexity index is 839. The summed E-state index contributed by atoms with van der Waals surface area (Å²) in [5.41, 5.74) is 7.70. The fourth-order valence-corrected chi connectivity index (χ4v) is 5.00. The minimum atomic E-state index is 0.738. The highest BCUT2D eigenvalue weighted by atomic mass is 16.5. The summed E-state index contributed by atoms with van der Waals surface area (Å²) in [7, 11) is 0. The number of hydrogen-bond donors (Lipinski definition) is 4. The van der Waals surface area contributed by atoms with Gasteiger partial charge in [0.15, 0.2) is 0 Å². The number of hydrogen-bond acceptors (Lipinski definition) is 6. The van der Waals surface area contributed by atoms with Crippen LogP contribution in [-0.4, -0.2) is 39.4 Å². The molecule has 0 aliphatic rings. The Labute approximate surface area is 251 Å². The van der Waals surface area contributed by atoms with Gasteiger partial charge in [-0.25, -0.2) is 0 Å². The molecular weight excluding hydrogens is 508 g/mol. The average molecular weight is 569 g/mol. The first kappa shape index (κ1) is 35.1. The third-order valence-corrected chi connectivity index (χ3v) is 6.88. The standard InChI is InChI=1S/C35H60N4O2/c1-7-13-36-24-30-20-28(21-31(25-37-14-8-2)34(30)40-17-11-5)19-29-22-32(26-38-15-9-3)35(41-18-12-6)33(23-29)27-39-16-10-4/h20-23,36-39H,7-19,24-27H2,1-6H3.